The van der Waals surface area contributed by atoms with Crippen molar-refractivity contribution < 1.29 is 9.53 Å². The molecule has 2 N–H and O–H groups in total. The fourth-order valence-electron chi connectivity index (χ4n) is 2.53. The van der Waals surface area contributed by atoms with E-state index >= 15 is 0 Å². The summed E-state index contributed by atoms with van der Waals surface area (Å²) in [5, 5.41) is 0. The third kappa shape index (κ3) is 2.72. The van der Waals surface area contributed by atoms with E-state index in [-0.39, 0.29) is 5.97 Å². The number of fused-ring (bicyclic) bond motifs is 1. The Kier molecular flexibility index (Phi) is 3.55. The number of rotatable bonds is 4. The van der Waals surface area contributed by atoms with Crippen LogP contribution in [0.3, 0.4) is 0 Å². The zero-order valence-corrected chi connectivity index (χ0v) is 11.8. The molecule has 110 valence electrons. The molecular weight excluding hydrogens is 270 g/mol. The molecule has 0 amide bonds. The highest BCUT2D eigenvalue weighted by molar-refractivity contribution is 5.81. The number of imidazole rings is 1. The zero-order chi connectivity index (χ0) is 14.8. The fraction of sp³-hybridized carbons (Fsp3) is 0.429. The van der Waals surface area contributed by atoms with Crippen LogP contribution in [-0.2, 0) is 16.1 Å². The molecule has 0 spiro atoms. The van der Waals surface area contributed by atoms with Crippen molar-refractivity contribution in [3.8, 4) is 0 Å². The van der Waals surface area contributed by atoms with Gasteiger partial charge in [-0.1, -0.05) is 5.57 Å². The summed E-state index contributed by atoms with van der Waals surface area (Å²) in [6.07, 6.45) is 7.37. The van der Waals surface area contributed by atoms with Crippen LogP contribution < -0.4 is 5.73 Å². The number of allylic oxidation sites excluding steroid dienone is 1. The van der Waals surface area contributed by atoms with Crippen molar-refractivity contribution in [3.63, 3.8) is 0 Å². The van der Waals surface area contributed by atoms with E-state index in [0.29, 0.717) is 23.9 Å². The van der Waals surface area contributed by atoms with Crippen LogP contribution in [0.25, 0.3) is 11.2 Å². The number of nitrogen functional groups attached to an aromatic ring is 1. The normalized spacial score (nSPS) is 19.7. The summed E-state index contributed by atoms with van der Waals surface area (Å²) in [6, 6.07) is 0. The van der Waals surface area contributed by atoms with Gasteiger partial charge in [-0.05, 0) is 24.8 Å². The van der Waals surface area contributed by atoms with Gasteiger partial charge in [-0.3, -0.25) is 4.79 Å². The smallest absolute Gasteiger partial charge is 0.302 e. The minimum Gasteiger partial charge on any atom is -0.462 e. The van der Waals surface area contributed by atoms with Gasteiger partial charge in [0, 0.05) is 13.5 Å². The second-order valence-corrected chi connectivity index (χ2v) is 5.15. The minimum absolute atomic E-state index is 0.254. The van der Waals surface area contributed by atoms with Gasteiger partial charge >= 0.3 is 5.97 Å². The Bertz CT molecular complexity index is 706. The summed E-state index contributed by atoms with van der Waals surface area (Å²) < 4.78 is 6.94. The minimum atomic E-state index is -0.254. The Hall–Kier alpha value is -2.44. The van der Waals surface area contributed by atoms with Crippen molar-refractivity contribution in [2.75, 3.05) is 12.3 Å². The molecule has 1 saturated carbocycles. The maximum Gasteiger partial charge on any atom is 0.302 e. The molecule has 21 heavy (non-hydrogen) atoms. The molecule has 0 aromatic carbocycles. The fourth-order valence-corrected chi connectivity index (χ4v) is 2.53. The predicted molar refractivity (Wildman–Crippen MR) is 77.2 cm³/mol. The number of carbonyl (C=O) groups excluding carboxylic acids is 1. The van der Waals surface area contributed by atoms with Gasteiger partial charge in [-0.15, -0.1) is 0 Å². The topological polar surface area (TPSA) is 95.9 Å². The molecule has 1 aliphatic carbocycles. The first-order valence-electron chi connectivity index (χ1n) is 6.88. The van der Waals surface area contributed by atoms with Gasteiger partial charge in [0.15, 0.2) is 11.5 Å². The number of anilines is 1. The molecule has 0 aliphatic heterocycles. The van der Waals surface area contributed by atoms with E-state index in [1.165, 1.54) is 18.8 Å². The van der Waals surface area contributed by atoms with Crippen LogP contribution in [0.5, 0.6) is 0 Å². The van der Waals surface area contributed by atoms with Gasteiger partial charge in [-0.2, -0.15) is 0 Å². The number of esters is 1. The van der Waals surface area contributed by atoms with Crippen molar-refractivity contribution in [2.24, 2.45) is 5.92 Å². The lowest BCUT2D eigenvalue weighted by Gasteiger charge is -2.30. The Morgan fingerprint density at radius 2 is 2.38 bits per heavy atom. The summed E-state index contributed by atoms with van der Waals surface area (Å²) in [6.45, 7) is 2.57. The Balaban J connectivity index is 1.71. The first-order chi connectivity index (χ1) is 10.1. The molecule has 3 rings (SSSR count). The van der Waals surface area contributed by atoms with Crippen LogP contribution in [-0.4, -0.2) is 32.1 Å². The SMILES string of the molecule is CC(=O)OC/C=C1/CCC1Cn1cnc2c(N)ncnc21. The van der Waals surface area contributed by atoms with Crippen molar-refractivity contribution >= 4 is 23.0 Å². The number of hydrogen-bond acceptors (Lipinski definition) is 6. The van der Waals surface area contributed by atoms with Crippen molar-refractivity contribution in [1.82, 2.24) is 19.5 Å². The van der Waals surface area contributed by atoms with E-state index in [4.69, 9.17) is 10.5 Å². The first kappa shape index (κ1) is 13.5. The standard InChI is InChI=1S/C14H17N5O2/c1-9(20)21-5-4-10-2-3-11(10)6-19-8-18-12-13(15)16-7-17-14(12)19/h4,7-8,11H,2-3,5-6H2,1H3,(H2,15,16,17)/b10-4-. The van der Waals surface area contributed by atoms with E-state index < -0.39 is 0 Å². The summed E-state index contributed by atoms with van der Waals surface area (Å²) in [4.78, 5) is 23.2. The lowest BCUT2D eigenvalue weighted by atomic mass is 9.79. The molecule has 0 radical (unpaired) electrons. The quantitative estimate of drug-likeness (QED) is 0.672. The van der Waals surface area contributed by atoms with Crippen LogP contribution in [0.4, 0.5) is 5.82 Å². The molecule has 1 atom stereocenters. The number of nitrogens with two attached hydrogens (primary N) is 1. The molecule has 1 fully saturated rings. The monoisotopic (exact) mass is 287 g/mol. The number of carbonyl (C=O) groups is 1. The summed E-state index contributed by atoms with van der Waals surface area (Å²) in [7, 11) is 0. The number of nitrogens with zero attached hydrogens (tertiary/aromatic N) is 4. The second-order valence-electron chi connectivity index (χ2n) is 5.15. The van der Waals surface area contributed by atoms with E-state index in [1.807, 2.05) is 10.6 Å². The maximum atomic E-state index is 10.8. The van der Waals surface area contributed by atoms with Crippen LogP contribution in [0.15, 0.2) is 24.3 Å². The Morgan fingerprint density at radius 1 is 1.52 bits per heavy atom. The summed E-state index contributed by atoms with van der Waals surface area (Å²) in [5.74, 6) is 0.586. The molecule has 0 saturated heterocycles. The third-order valence-electron chi connectivity index (χ3n) is 3.78. The van der Waals surface area contributed by atoms with Crippen molar-refractivity contribution in [1.29, 1.82) is 0 Å². The van der Waals surface area contributed by atoms with Gasteiger partial charge in [0.2, 0.25) is 0 Å². The molecule has 0 bridgehead atoms. The van der Waals surface area contributed by atoms with Crippen LogP contribution in [0.2, 0.25) is 0 Å². The molecule has 7 heteroatoms. The third-order valence-corrected chi connectivity index (χ3v) is 3.78. The van der Waals surface area contributed by atoms with Crippen LogP contribution in [0, 0.1) is 5.92 Å². The van der Waals surface area contributed by atoms with Crippen LogP contribution in [0.1, 0.15) is 19.8 Å². The Labute approximate surface area is 121 Å². The lowest BCUT2D eigenvalue weighted by molar-refractivity contribution is -0.139. The molecule has 1 aliphatic rings. The molecule has 2 aromatic rings. The molecule has 2 aromatic heterocycles. The van der Waals surface area contributed by atoms with Gasteiger partial charge < -0.3 is 15.0 Å². The predicted octanol–water partition coefficient (Wildman–Crippen LogP) is 1.31. The van der Waals surface area contributed by atoms with Gasteiger partial charge in [0.1, 0.15) is 18.5 Å². The number of ether oxygens (including phenoxy) is 1. The number of hydrogen-bond donors (Lipinski definition) is 1. The maximum absolute atomic E-state index is 10.8. The molecule has 1 unspecified atom stereocenters. The van der Waals surface area contributed by atoms with Gasteiger partial charge in [0.25, 0.3) is 0 Å². The number of aromatic nitrogens is 4. The van der Waals surface area contributed by atoms with E-state index in [9.17, 15) is 4.79 Å². The molecule has 2 heterocycles. The van der Waals surface area contributed by atoms with E-state index in [2.05, 4.69) is 15.0 Å². The summed E-state index contributed by atoms with van der Waals surface area (Å²) in [5.41, 5.74) is 8.50. The average molecular weight is 287 g/mol. The van der Waals surface area contributed by atoms with Gasteiger partial charge in [-0.25, -0.2) is 15.0 Å². The largest absolute Gasteiger partial charge is 0.462 e. The highest BCUT2D eigenvalue weighted by Gasteiger charge is 2.25. The summed E-state index contributed by atoms with van der Waals surface area (Å²) >= 11 is 0. The van der Waals surface area contributed by atoms with Crippen molar-refractivity contribution in [2.45, 2.75) is 26.3 Å². The lowest BCUT2D eigenvalue weighted by Crippen LogP contribution is -2.22. The van der Waals surface area contributed by atoms with Crippen LogP contribution >= 0.6 is 0 Å². The first-order valence-corrected chi connectivity index (χ1v) is 6.88. The highest BCUT2D eigenvalue weighted by Crippen LogP contribution is 2.35. The highest BCUT2D eigenvalue weighted by atomic mass is 16.5. The van der Waals surface area contributed by atoms with E-state index in [1.54, 1.807) is 6.33 Å². The molecule has 7 nitrogen and oxygen atoms in total. The van der Waals surface area contributed by atoms with Gasteiger partial charge in [0.05, 0.1) is 6.33 Å². The van der Waals surface area contributed by atoms with E-state index in [0.717, 1.165) is 25.0 Å². The molecular formula is C14H17N5O2. The Morgan fingerprint density at radius 3 is 3.10 bits per heavy atom. The second kappa shape index (κ2) is 5.51. The average Bonchev–Trinajstić information content (AvgIpc) is 2.84. The van der Waals surface area contributed by atoms with Crippen molar-refractivity contribution in [3.05, 3.63) is 24.3 Å². The zero-order valence-electron chi connectivity index (χ0n) is 11.8.